The SMILES string of the molecule is CCc1cnccc1-c1ncc(CO)c(=O)[nH]1. The number of hydrogen-bond acceptors (Lipinski definition) is 4. The molecular formula is C12H13N3O2. The number of aromatic nitrogens is 3. The maximum atomic E-state index is 11.6. The first-order chi connectivity index (χ1) is 8.26. The van der Waals surface area contributed by atoms with Crippen molar-refractivity contribution in [3.63, 3.8) is 0 Å². The van der Waals surface area contributed by atoms with Crippen LogP contribution in [-0.2, 0) is 13.0 Å². The van der Waals surface area contributed by atoms with Crippen LogP contribution in [-0.4, -0.2) is 20.1 Å². The highest BCUT2D eigenvalue weighted by Gasteiger charge is 2.07. The normalized spacial score (nSPS) is 10.5. The summed E-state index contributed by atoms with van der Waals surface area (Å²) in [6.07, 6.45) is 5.63. The molecule has 88 valence electrons. The van der Waals surface area contributed by atoms with Gasteiger partial charge < -0.3 is 10.1 Å². The number of pyridine rings is 1. The molecule has 2 N–H and O–H groups in total. The standard InChI is InChI=1S/C12H13N3O2/c1-2-8-5-13-4-3-10(8)11-14-6-9(7-16)12(17)15-11/h3-6,16H,2,7H2,1H3,(H,14,15,17). The zero-order chi connectivity index (χ0) is 12.3. The van der Waals surface area contributed by atoms with Gasteiger partial charge in [0.1, 0.15) is 5.82 Å². The van der Waals surface area contributed by atoms with Crippen molar-refractivity contribution >= 4 is 0 Å². The Morgan fingerprint density at radius 3 is 2.82 bits per heavy atom. The fourth-order valence-electron chi connectivity index (χ4n) is 1.61. The lowest BCUT2D eigenvalue weighted by Crippen LogP contribution is -2.14. The average Bonchev–Trinajstić information content (AvgIpc) is 2.38. The van der Waals surface area contributed by atoms with E-state index in [-0.39, 0.29) is 17.7 Å². The van der Waals surface area contributed by atoms with Gasteiger partial charge in [0.15, 0.2) is 0 Å². The van der Waals surface area contributed by atoms with E-state index in [2.05, 4.69) is 15.0 Å². The van der Waals surface area contributed by atoms with Crippen LogP contribution in [0.4, 0.5) is 0 Å². The number of aryl methyl sites for hydroxylation is 1. The molecule has 0 amide bonds. The Bertz CT molecular complexity index is 578. The molecule has 0 saturated heterocycles. The molecule has 0 fully saturated rings. The van der Waals surface area contributed by atoms with Crippen LogP contribution >= 0.6 is 0 Å². The molecule has 0 aliphatic rings. The van der Waals surface area contributed by atoms with Crippen molar-refractivity contribution in [2.24, 2.45) is 0 Å². The summed E-state index contributed by atoms with van der Waals surface area (Å²) in [4.78, 5) is 22.4. The smallest absolute Gasteiger partial charge is 0.256 e. The third-order valence-corrected chi connectivity index (χ3v) is 2.58. The minimum absolute atomic E-state index is 0.265. The second-order valence-corrected chi connectivity index (χ2v) is 3.63. The number of hydrogen-bond donors (Lipinski definition) is 2. The van der Waals surface area contributed by atoms with Gasteiger partial charge in [0, 0.05) is 24.2 Å². The van der Waals surface area contributed by atoms with Gasteiger partial charge in [0.05, 0.1) is 12.2 Å². The highest BCUT2D eigenvalue weighted by Crippen LogP contribution is 2.18. The summed E-state index contributed by atoms with van der Waals surface area (Å²) in [7, 11) is 0. The molecule has 0 saturated carbocycles. The van der Waals surface area contributed by atoms with Gasteiger partial charge in [-0.05, 0) is 18.1 Å². The maximum absolute atomic E-state index is 11.6. The molecule has 0 aliphatic carbocycles. The summed E-state index contributed by atoms with van der Waals surface area (Å²) < 4.78 is 0. The lowest BCUT2D eigenvalue weighted by atomic mass is 10.1. The maximum Gasteiger partial charge on any atom is 0.256 e. The van der Waals surface area contributed by atoms with E-state index < -0.39 is 0 Å². The predicted octanol–water partition coefficient (Wildman–Crippen LogP) is 0.887. The number of nitrogens with one attached hydrogen (secondary N) is 1. The molecule has 5 heteroatoms. The summed E-state index contributed by atoms with van der Waals surface area (Å²) in [5.41, 5.74) is 1.84. The van der Waals surface area contributed by atoms with E-state index in [1.807, 2.05) is 13.0 Å². The largest absolute Gasteiger partial charge is 0.391 e. The van der Waals surface area contributed by atoms with E-state index in [4.69, 9.17) is 5.11 Å². The van der Waals surface area contributed by atoms with Crippen LogP contribution in [0.2, 0.25) is 0 Å². The molecule has 17 heavy (non-hydrogen) atoms. The van der Waals surface area contributed by atoms with Crippen LogP contribution in [0.5, 0.6) is 0 Å². The first-order valence-electron chi connectivity index (χ1n) is 5.38. The fourth-order valence-corrected chi connectivity index (χ4v) is 1.61. The summed E-state index contributed by atoms with van der Waals surface area (Å²) >= 11 is 0. The first-order valence-corrected chi connectivity index (χ1v) is 5.38. The van der Waals surface area contributed by atoms with Crippen LogP contribution in [0.1, 0.15) is 18.1 Å². The van der Waals surface area contributed by atoms with Crippen molar-refractivity contribution in [1.29, 1.82) is 0 Å². The number of aromatic amines is 1. The topological polar surface area (TPSA) is 78.9 Å². The zero-order valence-electron chi connectivity index (χ0n) is 9.47. The predicted molar refractivity (Wildman–Crippen MR) is 63.4 cm³/mol. The molecule has 5 nitrogen and oxygen atoms in total. The minimum atomic E-state index is -0.309. The molecule has 2 aromatic rings. The van der Waals surface area contributed by atoms with Crippen molar-refractivity contribution < 1.29 is 5.11 Å². The van der Waals surface area contributed by atoms with Crippen LogP contribution in [0.25, 0.3) is 11.4 Å². The fraction of sp³-hybridized carbons (Fsp3) is 0.250. The number of nitrogens with zero attached hydrogens (tertiary/aromatic N) is 2. The Labute approximate surface area is 98.2 Å². The molecule has 2 aromatic heterocycles. The van der Waals surface area contributed by atoms with E-state index in [0.29, 0.717) is 5.82 Å². The van der Waals surface area contributed by atoms with Gasteiger partial charge in [-0.1, -0.05) is 6.92 Å². The Hall–Kier alpha value is -2.01. The number of aliphatic hydroxyl groups excluding tert-OH is 1. The summed E-state index contributed by atoms with van der Waals surface area (Å²) in [5, 5.41) is 8.91. The molecular weight excluding hydrogens is 218 g/mol. The summed E-state index contributed by atoms with van der Waals surface area (Å²) in [6, 6.07) is 1.82. The van der Waals surface area contributed by atoms with E-state index in [1.165, 1.54) is 6.20 Å². The van der Waals surface area contributed by atoms with Gasteiger partial charge in [0.2, 0.25) is 0 Å². The lowest BCUT2D eigenvalue weighted by Gasteiger charge is -2.06. The molecule has 0 spiro atoms. The molecule has 0 aliphatic heterocycles. The summed E-state index contributed by atoms with van der Waals surface area (Å²) in [5.74, 6) is 0.506. The Balaban J connectivity index is 2.53. The third kappa shape index (κ3) is 2.24. The van der Waals surface area contributed by atoms with Crippen LogP contribution < -0.4 is 5.56 Å². The monoisotopic (exact) mass is 231 g/mol. The Morgan fingerprint density at radius 1 is 1.35 bits per heavy atom. The van der Waals surface area contributed by atoms with Crippen LogP contribution in [0.3, 0.4) is 0 Å². The zero-order valence-corrected chi connectivity index (χ0v) is 9.47. The van der Waals surface area contributed by atoms with E-state index in [0.717, 1.165) is 17.5 Å². The number of aliphatic hydroxyl groups is 1. The molecule has 0 unspecified atom stereocenters. The van der Waals surface area contributed by atoms with Crippen molar-refractivity contribution in [2.75, 3.05) is 0 Å². The number of rotatable bonds is 3. The molecule has 0 radical (unpaired) electrons. The quantitative estimate of drug-likeness (QED) is 0.822. The summed E-state index contributed by atoms with van der Waals surface area (Å²) in [6.45, 7) is 1.71. The highest BCUT2D eigenvalue weighted by molar-refractivity contribution is 5.58. The van der Waals surface area contributed by atoms with Crippen molar-refractivity contribution in [3.8, 4) is 11.4 Å². The minimum Gasteiger partial charge on any atom is -0.391 e. The van der Waals surface area contributed by atoms with Gasteiger partial charge in [-0.3, -0.25) is 9.78 Å². The highest BCUT2D eigenvalue weighted by atomic mass is 16.3. The van der Waals surface area contributed by atoms with Crippen molar-refractivity contribution in [2.45, 2.75) is 20.0 Å². The second-order valence-electron chi connectivity index (χ2n) is 3.63. The molecule has 0 atom stereocenters. The number of H-pyrrole nitrogens is 1. The van der Waals surface area contributed by atoms with Gasteiger partial charge in [-0.25, -0.2) is 4.98 Å². The molecule has 0 aromatic carbocycles. The van der Waals surface area contributed by atoms with E-state index >= 15 is 0 Å². The second kappa shape index (κ2) is 4.88. The van der Waals surface area contributed by atoms with Gasteiger partial charge >= 0.3 is 0 Å². The third-order valence-electron chi connectivity index (χ3n) is 2.58. The van der Waals surface area contributed by atoms with Crippen LogP contribution in [0, 0.1) is 0 Å². The van der Waals surface area contributed by atoms with E-state index in [9.17, 15) is 4.79 Å². The average molecular weight is 231 g/mol. The van der Waals surface area contributed by atoms with Crippen molar-refractivity contribution in [3.05, 3.63) is 46.1 Å². The Morgan fingerprint density at radius 2 is 2.18 bits per heavy atom. The van der Waals surface area contributed by atoms with Gasteiger partial charge in [-0.2, -0.15) is 0 Å². The lowest BCUT2D eigenvalue weighted by molar-refractivity contribution is 0.279. The van der Waals surface area contributed by atoms with Crippen LogP contribution in [0.15, 0.2) is 29.5 Å². The van der Waals surface area contributed by atoms with E-state index in [1.54, 1.807) is 12.4 Å². The molecule has 2 heterocycles. The van der Waals surface area contributed by atoms with Gasteiger partial charge in [-0.15, -0.1) is 0 Å². The van der Waals surface area contributed by atoms with Crippen molar-refractivity contribution in [1.82, 2.24) is 15.0 Å². The Kier molecular flexibility index (Phi) is 3.30. The first kappa shape index (κ1) is 11.5. The molecule has 0 bridgehead atoms. The molecule has 2 rings (SSSR count). The van der Waals surface area contributed by atoms with Gasteiger partial charge in [0.25, 0.3) is 5.56 Å².